The van der Waals surface area contributed by atoms with Crippen molar-refractivity contribution in [2.45, 2.75) is 50.1 Å². The fraction of sp³-hybridized carbons (Fsp3) is 0.359. The van der Waals surface area contributed by atoms with Gasteiger partial charge < -0.3 is 9.64 Å². The third-order valence-electron chi connectivity index (χ3n) is 11.8. The smallest absolute Gasteiger partial charge is 0.234 e. The highest BCUT2D eigenvalue weighted by atomic mass is 35.5. The first-order valence-electron chi connectivity index (χ1n) is 16.9. The van der Waals surface area contributed by atoms with Gasteiger partial charge in [0.1, 0.15) is 29.9 Å². The number of hydrogen-bond donors (Lipinski definition) is 0. The van der Waals surface area contributed by atoms with Crippen molar-refractivity contribution >= 4 is 44.7 Å². The van der Waals surface area contributed by atoms with Crippen molar-refractivity contribution in [3.8, 4) is 23.1 Å². The second kappa shape index (κ2) is 11.1. The Morgan fingerprint density at radius 2 is 1.90 bits per heavy atom. The van der Waals surface area contributed by atoms with Crippen molar-refractivity contribution in [2.24, 2.45) is 11.8 Å². The second-order valence-electron chi connectivity index (χ2n) is 14.1. The lowest BCUT2D eigenvalue weighted by Crippen LogP contribution is -2.58. The SMILES string of the molecule is C=C(F)C(=O)C1=C2C1CC[C@@H]1[C@H]2CN1c1c(C#N)c(OCC23CCCN2CCC3)nc2cc(-c3cccc4ccc(F)c(Cl)c34)c(F)cc12. The molecule has 4 aromatic rings. The van der Waals surface area contributed by atoms with Crippen LogP contribution >= 0.6 is 11.6 Å². The lowest BCUT2D eigenvalue weighted by Gasteiger charge is -2.52. The Balaban J connectivity index is 1.18. The molecule has 3 aliphatic heterocycles. The van der Waals surface area contributed by atoms with E-state index in [0.717, 1.165) is 50.8 Å². The van der Waals surface area contributed by atoms with Crippen LogP contribution in [-0.4, -0.2) is 53.5 Å². The number of ether oxygens (including phenoxy) is 1. The number of pyridine rings is 1. The number of hydrogen-bond acceptors (Lipinski definition) is 6. The van der Waals surface area contributed by atoms with Crippen molar-refractivity contribution in [3.05, 3.63) is 88.2 Å². The molecule has 1 saturated carbocycles. The summed E-state index contributed by atoms with van der Waals surface area (Å²) in [7, 11) is 0. The van der Waals surface area contributed by atoms with E-state index in [1.807, 2.05) is 0 Å². The zero-order chi connectivity index (χ0) is 33.8. The maximum atomic E-state index is 16.4. The number of nitriles is 1. The molecule has 1 unspecified atom stereocenters. The quantitative estimate of drug-likeness (QED) is 0.183. The first kappa shape index (κ1) is 30.7. The highest BCUT2D eigenvalue weighted by Crippen LogP contribution is 2.59. The first-order chi connectivity index (χ1) is 23.7. The molecule has 9 rings (SSSR count). The summed E-state index contributed by atoms with van der Waals surface area (Å²) in [6.45, 7) is 6.15. The van der Waals surface area contributed by atoms with Crippen LogP contribution in [-0.2, 0) is 4.79 Å². The molecular weight excluding hydrogens is 649 g/mol. The maximum absolute atomic E-state index is 16.4. The molecule has 3 aromatic carbocycles. The molecule has 49 heavy (non-hydrogen) atoms. The monoisotopic (exact) mass is 680 g/mol. The van der Waals surface area contributed by atoms with Crippen LogP contribution in [0.1, 0.15) is 44.1 Å². The van der Waals surface area contributed by atoms with Crippen LogP contribution in [0.15, 0.2) is 66.0 Å². The molecule has 4 heterocycles. The molecule has 0 bridgehead atoms. The van der Waals surface area contributed by atoms with E-state index in [1.165, 1.54) is 12.1 Å². The third-order valence-corrected chi connectivity index (χ3v) is 12.1. The largest absolute Gasteiger partial charge is 0.475 e. The van der Waals surface area contributed by atoms with Gasteiger partial charge >= 0.3 is 0 Å². The molecule has 3 atom stereocenters. The zero-order valence-electron chi connectivity index (χ0n) is 26.7. The van der Waals surface area contributed by atoms with E-state index in [1.54, 1.807) is 30.3 Å². The van der Waals surface area contributed by atoms with Crippen molar-refractivity contribution in [1.29, 1.82) is 5.26 Å². The van der Waals surface area contributed by atoms with Gasteiger partial charge in [-0.2, -0.15) is 5.26 Å². The van der Waals surface area contributed by atoms with E-state index >= 15 is 4.39 Å². The Bertz CT molecular complexity index is 2220. The number of halogens is 4. The van der Waals surface area contributed by atoms with Crippen LogP contribution in [0.3, 0.4) is 0 Å². The Morgan fingerprint density at radius 1 is 1.10 bits per heavy atom. The van der Waals surface area contributed by atoms with Crippen molar-refractivity contribution in [3.63, 3.8) is 0 Å². The topological polar surface area (TPSA) is 69.5 Å². The summed E-state index contributed by atoms with van der Waals surface area (Å²) in [5.74, 6) is -2.49. The molecule has 0 radical (unpaired) electrons. The fourth-order valence-electron chi connectivity index (χ4n) is 9.44. The molecule has 1 aromatic heterocycles. The molecule has 3 saturated heterocycles. The average Bonchev–Trinajstić information content (AvgIpc) is 3.42. The number of carbonyl (C=O) groups is 1. The lowest BCUT2D eigenvalue weighted by atomic mass is 9.76. The molecule has 0 amide bonds. The number of anilines is 1. The minimum Gasteiger partial charge on any atom is -0.475 e. The average molecular weight is 681 g/mol. The van der Waals surface area contributed by atoms with Crippen LogP contribution in [0.5, 0.6) is 5.88 Å². The van der Waals surface area contributed by atoms with Crippen molar-refractivity contribution in [1.82, 2.24) is 9.88 Å². The number of Topliss-reactive ketones (excluding diaryl/α,β-unsaturated/α-hetero) is 1. The molecule has 4 fully saturated rings. The summed E-state index contributed by atoms with van der Waals surface area (Å²) in [6, 6.07) is 13.5. The number of carbonyl (C=O) groups excluding carboxylic acids is 1. The second-order valence-corrected chi connectivity index (χ2v) is 14.5. The number of aromatic nitrogens is 1. The van der Waals surface area contributed by atoms with Crippen LogP contribution < -0.4 is 9.64 Å². The summed E-state index contributed by atoms with van der Waals surface area (Å²) >= 11 is 6.45. The van der Waals surface area contributed by atoms with Crippen molar-refractivity contribution < 1.29 is 22.7 Å². The number of fused-ring (bicyclic) bond motifs is 6. The molecule has 2 aliphatic carbocycles. The van der Waals surface area contributed by atoms with Gasteiger partial charge in [-0.3, -0.25) is 9.69 Å². The number of benzene rings is 3. The Morgan fingerprint density at radius 3 is 2.65 bits per heavy atom. The van der Waals surface area contributed by atoms with Gasteiger partial charge in [0.15, 0.2) is 5.83 Å². The minimum atomic E-state index is -0.942. The van der Waals surface area contributed by atoms with Gasteiger partial charge in [0.25, 0.3) is 0 Å². The first-order valence-corrected chi connectivity index (χ1v) is 17.3. The van der Waals surface area contributed by atoms with Crippen molar-refractivity contribution in [2.75, 3.05) is 31.1 Å². The summed E-state index contributed by atoms with van der Waals surface area (Å²) in [5.41, 5.74) is 3.29. The molecule has 248 valence electrons. The predicted molar refractivity (Wildman–Crippen MR) is 182 cm³/mol. The van der Waals surface area contributed by atoms with E-state index < -0.39 is 23.2 Å². The summed E-state index contributed by atoms with van der Waals surface area (Å²) in [5, 5.41) is 12.1. The van der Waals surface area contributed by atoms with E-state index in [9.17, 15) is 18.8 Å². The molecular formula is C39H32ClF3N4O2. The molecule has 6 nitrogen and oxygen atoms in total. The Kier molecular flexibility index (Phi) is 6.92. The van der Waals surface area contributed by atoms with Gasteiger partial charge in [-0.05, 0) is 86.3 Å². The Labute approximate surface area is 286 Å². The molecule has 0 spiro atoms. The highest BCUT2D eigenvalue weighted by molar-refractivity contribution is 6.37. The number of nitrogens with zero attached hydrogens (tertiary/aromatic N) is 4. The van der Waals surface area contributed by atoms with E-state index in [0.29, 0.717) is 58.1 Å². The summed E-state index contributed by atoms with van der Waals surface area (Å²) in [6.07, 6.45) is 5.65. The van der Waals surface area contributed by atoms with Gasteiger partial charge in [-0.15, -0.1) is 0 Å². The zero-order valence-corrected chi connectivity index (χ0v) is 27.4. The summed E-state index contributed by atoms with van der Waals surface area (Å²) < 4.78 is 51.4. The van der Waals surface area contributed by atoms with Gasteiger partial charge in [-0.1, -0.05) is 42.4 Å². The summed E-state index contributed by atoms with van der Waals surface area (Å²) in [4.78, 5) is 22.0. The molecule has 0 N–H and O–H groups in total. The number of allylic oxidation sites excluding steroid dienone is 2. The van der Waals surface area contributed by atoms with Gasteiger partial charge in [0, 0.05) is 46.3 Å². The van der Waals surface area contributed by atoms with Crippen LogP contribution in [0.25, 0.3) is 32.8 Å². The third kappa shape index (κ3) is 4.49. The Hall–Kier alpha value is -4.39. The number of ketones is 1. The minimum absolute atomic E-state index is 0.00991. The van der Waals surface area contributed by atoms with E-state index in [-0.39, 0.29) is 45.4 Å². The van der Waals surface area contributed by atoms with Gasteiger partial charge in [0.05, 0.1) is 21.8 Å². The fourth-order valence-corrected chi connectivity index (χ4v) is 9.71. The van der Waals surface area contributed by atoms with Crippen LogP contribution in [0.2, 0.25) is 5.02 Å². The van der Waals surface area contributed by atoms with E-state index in [4.69, 9.17) is 21.3 Å². The standard InChI is InChI=1S/C39H32ClF3N4O2/c1-20(41)37(48)34-23-8-10-31-27(33(23)34)18-47(31)36-25-15-29(43)24(22-6-2-5-21-7-9-28(42)35(40)32(21)22)16-30(25)45-38(26(36)17-44)49-19-39-11-3-13-46(39)14-4-12-39/h2,5-7,9,15-16,23,27,31H,1,3-4,8,10-14,18-19H2/t23?,27-,31-/m1/s1. The molecule has 10 heteroatoms. The maximum Gasteiger partial charge on any atom is 0.234 e. The van der Waals surface area contributed by atoms with E-state index in [2.05, 4.69) is 22.4 Å². The van der Waals surface area contributed by atoms with Crippen LogP contribution in [0, 0.1) is 34.8 Å². The lowest BCUT2D eigenvalue weighted by molar-refractivity contribution is -0.113. The predicted octanol–water partition coefficient (Wildman–Crippen LogP) is 8.44. The highest BCUT2D eigenvalue weighted by Gasteiger charge is 2.57. The van der Waals surface area contributed by atoms with Gasteiger partial charge in [-0.25, -0.2) is 18.2 Å². The normalized spacial score (nSPS) is 23.6. The van der Waals surface area contributed by atoms with Gasteiger partial charge in [0.2, 0.25) is 11.7 Å². The van der Waals surface area contributed by atoms with Crippen LogP contribution in [0.4, 0.5) is 18.9 Å². The number of rotatable bonds is 7. The molecule has 5 aliphatic rings.